The van der Waals surface area contributed by atoms with Crippen molar-refractivity contribution in [2.45, 2.75) is 37.3 Å². The van der Waals surface area contributed by atoms with Gasteiger partial charge in [-0.1, -0.05) is 24.3 Å². The zero-order valence-electron chi connectivity index (χ0n) is 19.4. The number of hydrogen-bond acceptors (Lipinski definition) is 5. The van der Waals surface area contributed by atoms with Gasteiger partial charge in [0.1, 0.15) is 6.61 Å². The van der Waals surface area contributed by atoms with Gasteiger partial charge in [0.15, 0.2) is 0 Å². The second-order valence-electron chi connectivity index (χ2n) is 7.49. The van der Waals surface area contributed by atoms with Gasteiger partial charge in [0.2, 0.25) is 5.91 Å². The normalized spacial score (nSPS) is 17.3. The average molecular weight is 457 g/mol. The van der Waals surface area contributed by atoms with Crippen LogP contribution >= 0.6 is 11.8 Å². The van der Waals surface area contributed by atoms with Crippen molar-refractivity contribution in [2.75, 3.05) is 32.2 Å². The van der Waals surface area contributed by atoms with Gasteiger partial charge in [-0.25, -0.2) is 0 Å². The number of fused-ring (bicyclic) bond motifs is 1. The van der Waals surface area contributed by atoms with Crippen molar-refractivity contribution in [3.63, 3.8) is 0 Å². The van der Waals surface area contributed by atoms with Crippen molar-refractivity contribution in [3.05, 3.63) is 71.7 Å². The van der Waals surface area contributed by atoms with E-state index in [2.05, 4.69) is 16.6 Å². The molecule has 3 rings (SSSR count). The van der Waals surface area contributed by atoms with Crippen LogP contribution in [0.5, 0.6) is 0 Å². The number of anilines is 1. The van der Waals surface area contributed by atoms with Crippen LogP contribution in [-0.4, -0.2) is 44.4 Å². The van der Waals surface area contributed by atoms with Crippen LogP contribution in [0.3, 0.4) is 0 Å². The van der Waals surface area contributed by atoms with E-state index in [1.165, 1.54) is 11.8 Å². The molecule has 0 aromatic heterocycles. The van der Waals surface area contributed by atoms with E-state index < -0.39 is 0 Å². The van der Waals surface area contributed by atoms with Crippen LogP contribution in [0.15, 0.2) is 71.1 Å². The third-order valence-corrected chi connectivity index (χ3v) is 6.23. The van der Waals surface area contributed by atoms with E-state index in [1.807, 2.05) is 50.3 Å². The fraction of sp³-hybridized carbons (Fsp3) is 0.360. The number of carbonyl (C=O) groups is 2. The number of thioether (sulfide) groups is 1. The van der Waals surface area contributed by atoms with Gasteiger partial charge in [-0.3, -0.25) is 9.59 Å². The monoisotopic (exact) mass is 456 g/mol. The van der Waals surface area contributed by atoms with Crippen LogP contribution in [0, 0.1) is 0 Å². The van der Waals surface area contributed by atoms with E-state index >= 15 is 0 Å². The molecule has 0 saturated heterocycles. The van der Waals surface area contributed by atoms with E-state index in [9.17, 15) is 9.59 Å². The summed E-state index contributed by atoms with van der Waals surface area (Å²) in [6, 6.07) is 5.47. The number of methoxy groups -OCH3 is 1. The maximum atomic E-state index is 12.7. The van der Waals surface area contributed by atoms with E-state index in [-0.39, 0.29) is 17.1 Å². The van der Waals surface area contributed by atoms with Gasteiger partial charge in [-0.2, -0.15) is 0 Å². The number of amides is 2. The number of rotatable bonds is 6. The number of nitrogens with zero attached hydrogens (tertiary/aromatic N) is 1. The molecule has 0 aliphatic carbocycles. The summed E-state index contributed by atoms with van der Waals surface area (Å²) in [7, 11) is 3.38. The van der Waals surface area contributed by atoms with Crippen molar-refractivity contribution >= 4 is 29.3 Å². The summed E-state index contributed by atoms with van der Waals surface area (Å²) in [5.74, 6) is 1.51. The van der Waals surface area contributed by atoms with Gasteiger partial charge >= 0.3 is 0 Å². The average Bonchev–Trinajstić information content (AvgIpc) is 2.81. The second kappa shape index (κ2) is 12.2. The van der Waals surface area contributed by atoms with Crippen molar-refractivity contribution in [1.29, 1.82) is 0 Å². The van der Waals surface area contributed by atoms with Gasteiger partial charge < -0.3 is 19.7 Å². The summed E-state index contributed by atoms with van der Waals surface area (Å²) >= 11 is 1.50. The quantitative estimate of drug-likeness (QED) is 0.490. The third kappa shape index (κ3) is 7.05. The molecule has 2 amide bonds. The zero-order valence-corrected chi connectivity index (χ0v) is 20.3. The number of nitrogens with one attached hydrogen (secondary N) is 1. The molecule has 32 heavy (non-hydrogen) atoms. The summed E-state index contributed by atoms with van der Waals surface area (Å²) in [4.78, 5) is 27.7. The first-order valence-corrected chi connectivity index (χ1v) is 11.3. The zero-order chi connectivity index (χ0) is 23.7. The number of benzene rings is 1. The summed E-state index contributed by atoms with van der Waals surface area (Å²) < 4.78 is 10.2. The maximum absolute atomic E-state index is 12.7. The Morgan fingerprint density at radius 3 is 2.72 bits per heavy atom. The number of carbonyl (C=O) groups excluding carboxylic acids is 2. The number of ether oxygens (including phenoxy) is 2. The lowest BCUT2D eigenvalue weighted by atomic mass is 10.1. The number of hydrogen-bond donors (Lipinski definition) is 1. The Morgan fingerprint density at radius 2 is 2.12 bits per heavy atom. The molecule has 2 aliphatic rings. The lowest BCUT2D eigenvalue weighted by molar-refractivity contribution is -0.118. The second-order valence-corrected chi connectivity index (χ2v) is 8.73. The molecule has 1 unspecified atom stereocenters. The molecule has 1 N–H and O–H groups in total. The Morgan fingerprint density at radius 1 is 1.41 bits per heavy atom. The van der Waals surface area contributed by atoms with Crippen LogP contribution in [0.25, 0.3) is 0 Å². The first-order chi connectivity index (χ1) is 15.3. The molecule has 0 spiro atoms. The van der Waals surface area contributed by atoms with E-state index in [0.717, 1.165) is 27.7 Å². The molecular formula is C25H32N2O4S. The van der Waals surface area contributed by atoms with E-state index in [4.69, 9.17) is 4.74 Å². The highest BCUT2D eigenvalue weighted by Crippen LogP contribution is 2.41. The Bertz CT molecular complexity index is 949. The summed E-state index contributed by atoms with van der Waals surface area (Å²) in [5, 5.41) is 2.66. The minimum atomic E-state index is -0.260. The summed E-state index contributed by atoms with van der Waals surface area (Å²) in [5.41, 5.74) is 2.54. The van der Waals surface area contributed by atoms with Crippen molar-refractivity contribution in [3.8, 4) is 0 Å². The van der Waals surface area contributed by atoms with Crippen molar-refractivity contribution < 1.29 is 19.1 Å². The first kappa shape index (κ1) is 25.3. The van der Waals surface area contributed by atoms with Crippen molar-refractivity contribution in [1.82, 2.24) is 5.32 Å². The van der Waals surface area contributed by atoms with Gasteiger partial charge in [-0.15, -0.1) is 11.8 Å². The van der Waals surface area contributed by atoms with Gasteiger partial charge in [0.05, 0.1) is 29.6 Å². The fourth-order valence-corrected chi connectivity index (χ4v) is 4.20. The lowest BCUT2D eigenvalue weighted by Gasteiger charge is -2.31. The molecule has 0 saturated carbocycles. The first-order valence-electron chi connectivity index (χ1n) is 10.4. The summed E-state index contributed by atoms with van der Waals surface area (Å²) in [6.07, 6.45) is 8.30. The van der Waals surface area contributed by atoms with Crippen LogP contribution in [0.1, 0.15) is 37.6 Å². The highest BCUT2D eigenvalue weighted by molar-refractivity contribution is 8.01. The molecule has 1 aromatic carbocycles. The predicted octanol–water partition coefficient (Wildman–Crippen LogP) is 4.85. The Kier molecular flexibility index (Phi) is 9.65. The molecule has 6 nitrogen and oxygen atoms in total. The SMILES string of the molecule is C/C=C(\C)CNC(=O)c1ccc2c(c1)SC(CC1=CC=CCO1)C(=O)N2C.C=C(C)OC. The van der Waals surface area contributed by atoms with Crippen LogP contribution < -0.4 is 10.2 Å². The largest absolute Gasteiger partial charge is 0.502 e. The Hall–Kier alpha value is -2.93. The predicted molar refractivity (Wildman–Crippen MR) is 131 cm³/mol. The Balaban J connectivity index is 0.000000654. The lowest BCUT2D eigenvalue weighted by Crippen LogP contribution is -2.38. The third-order valence-electron chi connectivity index (χ3n) is 5.00. The van der Waals surface area contributed by atoms with E-state index in [0.29, 0.717) is 25.1 Å². The molecule has 2 aliphatic heterocycles. The Labute approximate surface area is 195 Å². The molecule has 0 fully saturated rings. The molecule has 1 aromatic rings. The highest BCUT2D eigenvalue weighted by Gasteiger charge is 2.33. The standard InChI is InChI=1S/C21H24N2O3S.C4H8O/c1-4-14(2)13-22-20(24)15-8-9-17-18(11-15)27-19(21(25)23(17)3)12-16-7-5-6-10-26-16;1-4(2)5-3/h4-9,11,19H,10,12-13H2,1-3H3,(H,22,24);1H2,2-3H3/b14-4+;. The van der Waals surface area contributed by atoms with Gasteiger partial charge in [0.25, 0.3) is 5.91 Å². The minimum absolute atomic E-state index is 0.0486. The molecule has 2 heterocycles. The molecule has 0 radical (unpaired) electrons. The highest BCUT2D eigenvalue weighted by atomic mass is 32.2. The van der Waals surface area contributed by atoms with Crippen LogP contribution in [0.2, 0.25) is 0 Å². The van der Waals surface area contributed by atoms with Crippen molar-refractivity contribution in [2.24, 2.45) is 0 Å². The molecule has 7 heteroatoms. The number of allylic oxidation sites excluding steroid dienone is 5. The van der Waals surface area contributed by atoms with Gasteiger partial charge in [0, 0.05) is 30.5 Å². The smallest absolute Gasteiger partial charge is 0.251 e. The summed E-state index contributed by atoms with van der Waals surface area (Å²) in [6.45, 7) is 10.3. The molecule has 0 bridgehead atoms. The maximum Gasteiger partial charge on any atom is 0.251 e. The minimum Gasteiger partial charge on any atom is -0.502 e. The fourth-order valence-electron chi connectivity index (χ4n) is 2.86. The molecule has 1 atom stereocenters. The molecular weight excluding hydrogens is 424 g/mol. The molecule has 172 valence electrons. The van der Waals surface area contributed by atoms with E-state index in [1.54, 1.807) is 32.0 Å². The topological polar surface area (TPSA) is 67.9 Å². The van der Waals surface area contributed by atoms with Crippen LogP contribution in [-0.2, 0) is 14.3 Å². The van der Waals surface area contributed by atoms with Crippen LogP contribution in [0.4, 0.5) is 5.69 Å². The van der Waals surface area contributed by atoms with Gasteiger partial charge in [-0.05, 0) is 51.1 Å².